The minimum Gasteiger partial charge on any atom is -0.484 e. The van der Waals surface area contributed by atoms with Crippen LogP contribution in [0, 0.1) is 5.82 Å². The lowest BCUT2D eigenvalue weighted by Crippen LogP contribution is -2.41. The van der Waals surface area contributed by atoms with Gasteiger partial charge in [0.25, 0.3) is 5.91 Å². The third kappa shape index (κ3) is 5.19. The van der Waals surface area contributed by atoms with Crippen molar-refractivity contribution in [3.8, 4) is 5.75 Å². The molecule has 3 aromatic rings. The average Bonchev–Trinajstić information content (AvgIpc) is 3.21. The second-order valence-corrected chi connectivity index (χ2v) is 7.83. The number of piperidine rings is 1. The van der Waals surface area contributed by atoms with E-state index < -0.39 is 5.82 Å². The molecule has 0 bridgehead atoms. The van der Waals surface area contributed by atoms with Crippen molar-refractivity contribution in [3.05, 3.63) is 82.8 Å². The Balaban J connectivity index is 1.34. The number of benzene rings is 2. The quantitative estimate of drug-likeness (QED) is 0.563. The van der Waals surface area contributed by atoms with Crippen molar-refractivity contribution in [3.63, 3.8) is 0 Å². The van der Waals surface area contributed by atoms with Crippen LogP contribution in [0.25, 0.3) is 0 Å². The lowest BCUT2D eigenvalue weighted by atomic mass is 9.98. The number of hydrogen-bond acceptors (Lipinski definition) is 4. The molecule has 156 valence electrons. The normalized spacial score (nSPS) is 16.5. The number of likely N-dealkylation sites (tertiary alicyclic amines) is 1. The molecule has 0 N–H and O–H groups in total. The van der Waals surface area contributed by atoms with Gasteiger partial charge in [0.05, 0.1) is 12.1 Å². The molecule has 1 saturated heterocycles. The molecule has 4 rings (SSSR count). The number of aromatic nitrogens is 1. The zero-order chi connectivity index (χ0) is 20.9. The van der Waals surface area contributed by atoms with E-state index in [9.17, 15) is 9.18 Å². The molecule has 1 aromatic heterocycles. The number of hydrogen-bond donors (Lipinski definition) is 0. The summed E-state index contributed by atoms with van der Waals surface area (Å²) in [5.41, 5.74) is 1.06. The van der Waals surface area contributed by atoms with Crippen LogP contribution in [0.5, 0.6) is 5.75 Å². The van der Waals surface area contributed by atoms with Gasteiger partial charge in [0, 0.05) is 30.6 Å². The lowest BCUT2D eigenvalue weighted by molar-refractivity contribution is -0.134. The van der Waals surface area contributed by atoms with E-state index in [-0.39, 0.29) is 18.4 Å². The summed E-state index contributed by atoms with van der Waals surface area (Å²) >= 11 is 6.04. The summed E-state index contributed by atoms with van der Waals surface area (Å²) in [6, 6.07) is 13.4. The average molecular weight is 429 g/mol. The Hall–Kier alpha value is -2.86. The Kier molecular flexibility index (Phi) is 6.33. The maximum atomic E-state index is 13.2. The SMILES string of the molecule is O=C(COc1cccc(F)c1)N1CCCC(c2ncc(Cc3cccc(Cl)c3)o2)C1. The summed E-state index contributed by atoms with van der Waals surface area (Å²) in [5, 5.41) is 0.689. The minimum absolute atomic E-state index is 0.0463. The second kappa shape index (κ2) is 9.30. The molecule has 1 unspecified atom stereocenters. The molecule has 0 radical (unpaired) electrons. The Morgan fingerprint density at radius 2 is 2.13 bits per heavy atom. The molecule has 0 spiro atoms. The molecule has 0 aliphatic carbocycles. The van der Waals surface area contributed by atoms with Crippen LogP contribution >= 0.6 is 11.6 Å². The zero-order valence-corrected chi connectivity index (χ0v) is 17.1. The van der Waals surface area contributed by atoms with Gasteiger partial charge in [-0.3, -0.25) is 4.79 Å². The number of oxazole rings is 1. The van der Waals surface area contributed by atoms with Gasteiger partial charge >= 0.3 is 0 Å². The largest absolute Gasteiger partial charge is 0.484 e. The molecule has 2 aromatic carbocycles. The number of carbonyl (C=O) groups is 1. The van der Waals surface area contributed by atoms with Gasteiger partial charge in [-0.15, -0.1) is 0 Å². The predicted octanol–water partition coefficient (Wildman–Crippen LogP) is 4.84. The molecular weight excluding hydrogens is 407 g/mol. The van der Waals surface area contributed by atoms with Crippen molar-refractivity contribution < 1.29 is 18.3 Å². The first-order chi connectivity index (χ1) is 14.6. The molecular formula is C23H22ClFN2O3. The fourth-order valence-corrected chi connectivity index (χ4v) is 3.85. The molecule has 30 heavy (non-hydrogen) atoms. The summed E-state index contributed by atoms with van der Waals surface area (Å²) in [6.45, 7) is 1.07. The van der Waals surface area contributed by atoms with Crippen LogP contribution in [0.2, 0.25) is 5.02 Å². The van der Waals surface area contributed by atoms with Crippen LogP contribution in [-0.2, 0) is 11.2 Å². The highest BCUT2D eigenvalue weighted by Gasteiger charge is 2.28. The summed E-state index contributed by atoms with van der Waals surface area (Å²) in [7, 11) is 0. The highest BCUT2D eigenvalue weighted by molar-refractivity contribution is 6.30. The summed E-state index contributed by atoms with van der Waals surface area (Å²) in [5.74, 6) is 1.28. The Bertz CT molecular complexity index is 1020. The van der Waals surface area contributed by atoms with E-state index in [1.54, 1.807) is 23.2 Å². The predicted molar refractivity (Wildman–Crippen MR) is 111 cm³/mol. The first-order valence-corrected chi connectivity index (χ1v) is 10.3. The minimum atomic E-state index is -0.393. The van der Waals surface area contributed by atoms with Gasteiger partial charge < -0.3 is 14.1 Å². The van der Waals surface area contributed by atoms with Gasteiger partial charge in [0.2, 0.25) is 0 Å². The topological polar surface area (TPSA) is 55.6 Å². The molecule has 1 aliphatic rings. The number of ether oxygens (including phenoxy) is 1. The lowest BCUT2D eigenvalue weighted by Gasteiger charge is -2.31. The van der Waals surface area contributed by atoms with Gasteiger partial charge in [-0.05, 0) is 42.7 Å². The maximum absolute atomic E-state index is 13.2. The van der Waals surface area contributed by atoms with Crippen molar-refractivity contribution in [1.82, 2.24) is 9.88 Å². The van der Waals surface area contributed by atoms with E-state index in [1.807, 2.05) is 24.3 Å². The summed E-state index contributed by atoms with van der Waals surface area (Å²) in [6.07, 6.45) is 4.13. The third-order valence-corrected chi connectivity index (χ3v) is 5.36. The summed E-state index contributed by atoms with van der Waals surface area (Å²) < 4.78 is 24.7. The van der Waals surface area contributed by atoms with Gasteiger partial charge in [0.1, 0.15) is 17.3 Å². The van der Waals surface area contributed by atoms with Crippen LogP contribution in [0.3, 0.4) is 0 Å². The molecule has 1 fully saturated rings. The molecule has 1 aliphatic heterocycles. The smallest absolute Gasteiger partial charge is 0.260 e. The fraction of sp³-hybridized carbons (Fsp3) is 0.304. The third-order valence-electron chi connectivity index (χ3n) is 5.12. The van der Waals surface area contributed by atoms with E-state index in [2.05, 4.69) is 4.98 Å². The van der Waals surface area contributed by atoms with Gasteiger partial charge in [0.15, 0.2) is 12.5 Å². The van der Waals surface area contributed by atoms with Gasteiger partial charge in [-0.1, -0.05) is 29.8 Å². The van der Waals surface area contributed by atoms with Gasteiger partial charge in [-0.2, -0.15) is 0 Å². The molecule has 1 amide bonds. The molecule has 0 saturated carbocycles. The first kappa shape index (κ1) is 20.4. The van der Waals surface area contributed by atoms with Crippen molar-refractivity contribution in [2.24, 2.45) is 0 Å². The van der Waals surface area contributed by atoms with Gasteiger partial charge in [-0.25, -0.2) is 9.37 Å². The number of amides is 1. The van der Waals surface area contributed by atoms with E-state index in [0.29, 0.717) is 36.2 Å². The summed E-state index contributed by atoms with van der Waals surface area (Å²) in [4.78, 5) is 18.8. The monoisotopic (exact) mass is 428 g/mol. The fourth-order valence-electron chi connectivity index (χ4n) is 3.64. The molecule has 5 nitrogen and oxygen atoms in total. The zero-order valence-electron chi connectivity index (χ0n) is 16.4. The number of rotatable bonds is 6. The van der Waals surface area contributed by atoms with Crippen molar-refractivity contribution >= 4 is 17.5 Å². The van der Waals surface area contributed by atoms with Crippen LogP contribution < -0.4 is 4.74 Å². The molecule has 1 atom stereocenters. The van der Waals surface area contributed by atoms with Crippen molar-refractivity contribution in [1.29, 1.82) is 0 Å². The Labute approximate surface area is 179 Å². The van der Waals surface area contributed by atoms with Crippen LogP contribution in [0.1, 0.15) is 36.0 Å². The van der Waals surface area contributed by atoms with Crippen molar-refractivity contribution in [2.45, 2.75) is 25.2 Å². The van der Waals surface area contributed by atoms with Crippen LogP contribution in [-0.4, -0.2) is 35.5 Å². The molecule has 2 heterocycles. The standard InChI is InChI=1S/C23H22ClFN2O3/c24-18-6-1-4-16(10-18)11-21-13-26-23(30-21)17-5-3-9-27(14-17)22(28)15-29-20-8-2-7-19(25)12-20/h1-2,4,6-8,10,12-13,17H,3,5,9,11,14-15H2. The van der Waals surface area contributed by atoms with E-state index >= 15 is 0 Å². The van der Waals surface area contributed by atoms with Crippen LogP contribution in [0.4, 0.5) is 4.39 Å². The Morgan fingerprint density at radius 1 is 1.27 bits per heavy atom. The number of carbonyl (C=O) groups excluding carboxylic acids is 1. The van der Waals surface area contributed by atoms with Crippen LogP contribution in [0.15, 0.2) is 59.1 Å². The van der Waals surface area contributed by atoms with Crippen molar-refractivity contribution in [2.75, 3.05) is 19.7 Å². The van der Waals surface area contributed by atoms with E-state index in [1.165, 1.54) is 12.1 Å². The van der Waals surface area contributed by atoms with E-state index in [0.717, 1.165) is 24.2 Å². The first-order valence-electron chi connectivity index (χ1n) is 9.92. The Morgan fingerprint density at radius 3 is 2.97 bits per heavy atom. The maximum Gasteiger partial charge on any atom is 0.260 e. The molecule has 7 heteroatoms. The highest BCUT2D eigenvalue weighted by atomic mass is 35.5. The number of halogens is 2. The highest BCUT2D eigenvalue weighted by Crippen LogP contribution is 2.27. The number of nitrogens with zero attached hydrogens (tertiary/aromatic N) is 2. The second-order valence-electron chi connectivity index (χ2n) is 7.40. The van der Waals surface area contributed by atoms with E-state index in [4.69, 9.17) is 20.8 Å².